The largest absolute Gasteiger partial charge is 0.365 e. The zero-order valence-corrected chi connectivity index (χ0v) is 26.7. The van der Waals surface area contributed by atoms with Gasteiger partial charge in [0.05, 0.1) is 15.7 Å². The molecule has 42 heavy (non-hydrogen) atoms. The van der Waals surface area contributed by atoms with E-state index in [0.29, 0.717) is 16.2 Å². The van der Waals surface area contributed by atoms with Crippen LogP contribution in [-0.4, -0.2) is 85.1 Å². The summed E-state index contributed by atoms with van der Waals surface area (Å²) in [4.78, 5) is 26.8. The molecule has 0 spiro atoms. The number of hydrogen-bond donors (Lipinski definition) is 5. The molecule has 0 saturated carbocycles. The van der Waals surface area contributed by atoms with Crippen molar-refractivity contribution < 1.29 is 9.18 Å². The molecule has 10 nitrogen and oxygen atoms in total. The molecule has 228 valence electrons. The first-order valence-corrected chi connectivity index (χ1v) is 15.6. The van der Waals surface area contributed by atoms with Crippen LogP contribution in [0, 0.1) is 0 Å². The van der Waals surface area contributed by atoms with Crippen LogP contribution in [0.3, 0.4) is 0 Å². The third-order valence-electron chi connectivity index (χ3n) is 6.64. The number of aromatic nitrogens is 2. The molecule has 1 aliphatic heterocycles. The number of benzene rings is 1. The molecule has 3 rings (SSSR count). The maximum Gasteiger partial charge on any atom is 0.253 e. The monoisotopic (exact) mass is 661 g/mol. The van der Waals surface area contributed by atoms with Crippen LogP contribution in [0.5, 0.6) is 0 Å². The Bertz CT molecular complexity index is 1230. The Labute approximate surface area is 260 Å². The van der Waals surface area contributed by atoms with Crippen molar-refractivity contribution in [3.05, 3.63) is 70.8 Å². The van der Waals surface area contributed by atoms with Gasteiger partial charge in [-0.2, -0.15) is 4.98 Å². The molecule has 0 unspecified atom stereocenters. The molecular formula is C29H41BrFN9OS. The first-order chi connectivity index (χ1) is 20.3. The average Bonchev–Trinajstić information content (AvgIpc) is 2.99. The molecule has 0 radical (unpaired) electrons. The Balaban J connectivity index is 1.44. The van der Waals surface area contributed by atoms with Crippen molar-refractivity contribution in [2.24, 2.45) is 5.73 Å². The second-order valence-corrected chi connectivity index (χ2v) is 11.5. The summed E-state index contributed by atoms with van der Waals surface area (Å²) in [7, 11) is 2.01. The van der Waals surface area contributed by atoms with Crippen molar-refractivity contribution in [1.29, 1.82) is 0 Å². The van der Waals surface area contributed by atoms with E-state index in [-0.39, 0.29) is 11.3 Å². The number of halogens is 2. The molecule has 0 bridgehead atoms. The van der Waals surface area contributed by atoms with E-state index in [9.17, 15) is 9.18 Å². The Morgan fingerprint density at radius 2 is 1.79 bits per heavy atom. The number of allylic oxidation sites excluding steroid dienone is 3. The number of nitrogens with zero attached hydrogens (tertiary/aromatic N) is 4. The second kappa shape index (κ2) is 18.0. The van der Waals surface area contributed by atoms with Gasteiger partial charge in [-0.15, -0.1) is 0 Å². The fourth-order valence-corrected chi connectivity index (χ4v) is 5.34. The van der Waals surface area contributed by atoms with E-state index >= 15 is 0 Å². The quantitative estimate of drug-likeness (QED) is 0.0721. The number of primary amides is 1. The molecule has 0 atom stereocenters. The van der Waals surface area contributed by atoms with Crippen molar-refractivity contribution >= 4 is 51.2 Å². The lowest BCUT2D eigenvalue weighted by Crippen LogP contribution is -2.47. The maximum atomic E-state index is 14.2. The van der Waals surface area contributed by atoms with Crippen molar-refractivity contribution in [3.8, 4) is 0 Å². The van der Waals surface area contributed by atoms with E-state index in [1.165, 1.54) is 19.0 Å². The lowest BCUT2D eigenvalue weighted by atomic mass is 10.1. The van der Waals surface area contributed by atoms with Gasteiger partial charge in [0.2, 0.25) is 5.95 Å². The van der Waals surface area contributed by atoms with Crippen LogP contribution >= 0.6 is 27.9 Å². The highest BCUT2D eigenvalue weighted by atomic mass is 79.9. The van der Waals surface area contributed by atoms with Gasteiger partial charge >= 0.3 is 0 Å². The minimum atomic E-state index is -0.922. The molecule has 1 aromatic heterocycles. The zero-order valence-electron chi connectivity index (χ0n) is 24.3. The summed E-state index contributed by atoms with van der Waals surface area (Å²) in [5, 5.41) is 9.34. The lowest BCUT2D eigenvalue weighted by molar-refractivity contribution is -0.114. The minimum absolute atomic E-state index is 0.164. The maximum absolute atomic E-state index is 14.2. The zero-order chi connectivity index (χ0) is 30.3. The van der Waals surface area contributed by atoms with E-state index in [0.717, 1.165) is 68.9 Å². The van der Waals surface area contributed by atoms with Gasteiger partial charge in [0, 0.05) is 49.5 Å². The molecule has 6 N–H and O–H groups in total. The molecule has 1 aromatic carbocycles. The van der Waals surface area contributed by atoms with Gasteiger partial charge in [-0.05, 0) is 105 Å². The number of anilines is 3. The Kier molecular flexibility index (Phi) is 14.4. The van der Waals surface area contributed by atoms with Crippen LogP contribution in [0.2, 0.25) is 0 Å². The highest BCUT2D eigenvalue weighted by Crippen LogP contribution is 2.27. The molecule has 1 fully saturated rings. The molecule has 2 aromatic rings. The number of carbonyl (C=O) groups excluding carboxylic acids is 1. The number of piperazine rings is 1. The number of nitrogens with two attached hydrogens (primary N) is 1. The van der Waals surface area contributed by atoms with E-state index in [4.69, 9.17) is 5.73 Å². The van der Waals surface area contributed by atoms with Crippen molar-refractivity contribution in [2.45, 2.75) is 24.7 Å². The minimum Gasteiger partial charge on any atom is -0.365 e. The number of nitrogens with one attached hydrogen (secondary N) is 4. The topological polar surface area (TPSA) is 123 Å². The normalized spacial score (nSPS) is 15.3. The molecule has 1 saturated heterocycles. The van der Waals surface area contributed by atoms with Gasteiger partial charge in [-0.25, -0.2) is 9.37 Å². The SMILES string of the molecule is C=C/C(F)=C(C(N)=O)\C(=C/C)Nc1nc(Nc2ccc(SNCCCN3CCN(CCCNC)CC3)cc2)ncc1Br. The van der Waals surface area contributed by atoms with Crippen molar-refractivity contribution in [1.82, 2.24) is 29.8 Å². The summed E-state index contributed by atoms with van der Waals surface area (Å²) < 4.78 is 18.2. The van der Waals surface area contributed by atoms with Gasteiger partial charge < -0.3 is 31.5 Å². The third kappa shape index (κ3) is 10.8. The van der Waals surface area contributed by atoms with Crippen LogP contribution in [0.4, 0.5) is 21.8 Å². The fourth-order valence-electron chi connectivity index (χ4n) is 4.36. The van der Waals surface area contributed by atoms with Gasteiger partial charge in [0.15, 0.2) is 0 Å². The fraction of sp³-hybridized carbons (Fsp3) is 0.414. The second-order valence-electron chi connectivity index (χ2n) is 9.65. The van der Waals surface area contributed by atoms with Crippen molar-refractivity contribution in [3.63, 3.8) is 0 Å². The van der Waals surface area contributed by atoms with E-state index < -0.39 is 11.7 Å². The molecule has 1 aliphatic rings. The van der Waals surface area contributed by atoms with Crippen LogP contribution in [-0.2, 0) is 4.79 Å². The standard InChI is InChI=1S/C29H41BrFN9OS/c1-4-24(31)26(27(32)41)25(5-2)37-28-23(30)20-34-29(38-28)36-21-8-10-22(11-9-21)42-35-13-7-15-40-18-16-39(17-19-40)14-6-12-33-3/h4-5,8-11,20,33,35H,1,6-7,12-19H2,2-3H3,(H2,32,41)(H2,34,36,37,38)/b25-5+,26-24-. The number of amides is 1. The third-order valence-corrected chi connectivity index (χ3v) is 8.08. The van der Waals surface area contributed by atoms with Crippen LogP contribution in [0.25, 0.3) is 0 Å². The molecular weight excluding hydrogens is 621 g/mol. The smallest absolute Gasteiger partial charge is 0.253 e. The lowest BCUT2D eigenvalue weighted by Gasteiger charge is -2.34. The highest BCUT2D eigenvalue weighted by Gasteiger charge is 2.18. The van der Waals surface area contributed by atoms with Gasteiger partial charge in [0.1, 0.15) is 11.6 Å². The number of carbonyl (C=O) groups is 1. The first kappa shape index (κ1) is 33.7. The average molecular weight is 663 g/mol. The predicted octanol–water partition coefficient (Wildman–Crippen LogP) is 4.41. The van der Waals surface area contributed by atoms with Crippen molar-refractivity contribution in [2.75, 3.05) is 70.0 Å². The Hall–Kier alpha value is -2.81. The predicted molar refractivity (Wildman–Crippen MR) is 174 cm³/mol. The van der Waals surface area contributed by atoms with Crippen LogP contribution in [0.1, 0.15) is 19.8 Å². The molecule has 1 amide bonds. The van der Waals surface area contributed by atoms with E-state index in [1.54, 1.807) is 25.1 Å². The summed E-state index contributed by atoms with van der Waals surface area (Å²) in [6, 6.07) is 7.93. The van der Waals surface area contributed by atoms with Gasteiger partial charge in [0.25, 0.3) is 5.91 Å². The highest BCUT2D eigenvalue weighted by molar-refractivity contribution is 9.10. The van der Waals surface area contributed by atoms with E-state index in [1.807, 2.05) is 31.3 Å². The summed E-state index contributed by atoms with van der Waals surface area (Å²) in [5.41, 5.74) is 6.04. The molecule has 2 heterocycles. The summed E-state index contributed by atoms with van der Waals surface area (Å²) in [6.07, 6.45) is 6.34. The first-order valence-electron chi connectivity index (χ1n) is 14.0. The van der Waals surface area contributed by atoms with Gasteiger partial charge in [-0.3, -0.25) is 9.52 Å². The summed E-state index contributed by atoms with van der Waals surface area (Å²) >= 11 is 5.00. The number of rotatable bonds is 17. The Morgan fingerprint density at radius 1 is 1.14 bits per heavy atom. The Morgan fingerprint density at radius 3 is 2.36 bits per heavy atom. The molecule has 0 aliphatic carbocycles. The van der Waals surface area contributed by atoms with E-state index in [2.05, 4.69) is 62.9 Å². The van der Waals surface area contributed by atoms with Crippen LogP contribution < -0.4 is 26.4 Å². The summed E-state index contributed by atoms with van der Waals surface area (Å²) in [5.74, 6) is -1.10. The molecule has 13 heteroatoms. The van der Waals surface area contributed by atoms with Gasteiger partial charge in [-0.1, -0.05) is 12.7 Å². The summed E-state index contributed by atoms with van der Waals surface area (Å²) in [6.45, 7) is 14.0. The number of hydrogen-bond acceptors (Lipinski definition) is 10. The van der Waals surface area contributed by atoms with Crippen LogP contribution in [0.15, 0.2) is 75.7 Å².